The van der Waals surface area contributed by atoms with E-state index in [1.807, 2.05) is 37.3 Å². The zero-order chi connectivity index (χ0) is 20.7. The molecule has 7 heteroatoms. The van der Waals surface area contributed by atoms with Crippen LogP contribution in [0.3, 0.4) is 0 Å². The molecule has 0 aliphatic rings. The molecule has 1 amide bonds. The number of nitrogens with one attached hydrogen (secondary N) is 1. The molecule has 2 aromatic rings. The average molecular weight is 423 g/mol. The van der Waals surface area contributed by atoms with Gasteiger partial charge in [0.05, 0.1) is 11.9 Å². The predicted octanol–water partition coefficient (Wildman–Crippen LogP) is 4.11. The minimum absolute atomic E-state index is 0.0850. The Morgan fingerprint density at radius 2 is 1.86 bits per heavy atom. The molecule has 0 bridgehead atoms. The van der Waals surface area contributed by atoms with Crippen molar-refractivity contribution in [2.24, 2.45) is 0 Å². The summed E-state index contributed by atoms with van der Waals surface area (Å²) in [6, 6.07) is 15.1. The Morgan fingerprint density at radius 3 is 2.46 bits per heavy atom. The lowest BCUT2D eigenvalue weighted by molar-refractivity contribution is -0.121. The highest BCUT2D eigenvalue weighted by atomic mass is 35.5. The number of carbonyl (C=O) groups is 1. The highest BCUT2D eigenvalue weighted by Gasteiger charge is 2.18. The molecule has 5 nitrogen and oxygen atoms in total. The number of anilines is 1. The summed E-state index contributed by atoms with van der Waals surface area (Å²) >= 11 is 6.13. The average Bonchev–Trinajstić information content (AvgIpc) is 2.65. The summed E-state index contributed by atoms with van der Waals surface area (Å²) in [5.74, 6) is 0.130. The zero-order valence-corrected chi connectivity index (χ0v) is 18.1. The molecular weight excluding hydrogens is 396 g/mol. The molecule has 2 rings (SSSR count). The monoisotopic (exact) mass is 422 g/mol. The van der Waals surface area contributed by atoms with E-state index in [4.69, 9.17) is 11.6 Å². The van der Waals surface area contributed by atoms with Crippen molar-refractivity contribution in [2.75, 3.05) is 23.7 Å². The Bertz CT molecular complexity index is 901. The number of halogens is 1. The van der Waals surface area contributed by atoms with Crippen LogP contribution in [0.5, 0.6) is 0 Å². The van der Waals surface area contributed by atoms with Crippen LogP contribution >= 0.6 is 11.6 Å². The Hall–Kier alpha value is -2.05. The lowest BCUT2D eigenvalue weighted by Gasteiger charge is -2.23. The van der Waals surface area contributed by atoms with Gasteiger partial charge in [0.15, 0.2) is 0 Å². The van der Waals surface area contributed by atoms with Crippen molar-refractivity contribution in [3.8, 4) is 0 Å². The molecule has 1 atom stereocenters. The van der Waals surface area contributed by atoms with E-state index in [9.17, 15) is 13.2 Å². The van der Waals surface area contributed by atoms with Crippen molar-refractivity contribution in [3.63, 3.8) is 0 Å². The Kier molecular flexibility index (Phi) is 7.89. The van der Waals surface area contributed by atoms with Crippen LogP contribution in [0.1, 0.15) is 36.8 Å². The molecule has 0 heterocycles. The number of hydrogen-bond donors (Lipinski definition) is 1. The standard InChI is InChI=1S/C21H27ClN2O3S/c1-16-11-12-19(14-20(16)22)24(28(3,26)27)13-7-10-21(25)23-15-17(2)18-8-5-4-6-9-18/h4-6,8-9,11-12,14,17H,7,10,13,15H2,1-3H3,(H,23,25)/t17-/m1/s1. The van der Waals surface area contributed by atoms with Crippen molar-refractivity contribution in [1.82, 2.24) is 5.32 Å². The molecule has 152 valence electrons. The van der Waals surface area contributed by atoms with E-state index < -0.39 is 10.0 Å². The van der Waals surface area contributed by atoms with E-state index in [1.165, 1.54) is 9.87 Å². The maximum atomic E-state index is 12.2. The molecule has 2 aromatic carbocycles. The maximum Gasteiger partial charge on any atom is 0.232 e. The van der Waals surface area contributed by atoms with Gasteiger partial charge in [-0.15, -0.1) is 0 Å². The third kappa shape index (κ3) is 6.53. The summed E-state index contributed by atoms with van der Waals surface area (Å²) in [4.78, 5) is 12.1. The molecule has 0 aliphatic carbocycles. The highest BCUT2D eigenvalue weighted by Crippen LogP contribution is 2.25. The summed E-state index contributed by atoms with van der Waals surface area (Å²) in [6.07, 6.45) is 1.83. The Balaban J connectivity index is 1.88. The van der Waals surface area contributed by atoms with Gasteiger partial charge in [-0.3, -0.25) is 9.10 Å². The second-order valence-electron chi connectivity index (χ2n) is 6.99. The first kappa shape index (κ1) is 22.2. The van der Waals surface area contributed by atoms with E-state index in [0.29, 0.717) is 23.7 Å². The molecule has 28 heavy (non-hydrogen) atoms. The van der Waals surface area contributed by atoms with Crippen molar-refractivity contribution in [3.05, 3.63) is 64.7 Å². The number of nitrogens with zero attached hydrogens (tertiary/aromatic N) is 1. The molecule has 0 fully saturated rings. The van der Waals surface area contributed by atoms with Gasteiger partial charge >= 0.3 is 0 Å². The molecule has 1 N–H and O–H groups in total. The highest BCUT2D eigenvalue weighted by molar-refractivity contribution is 7.92. The summed E-state index contributed by atoms with van der Waals surface area (Å²) < 4.78 is 25.6. The first-order valence-corrected chi connectivity index (χ1v) is 11.5. The minimum atomic E-state index is -3.46. The van der Waals surface area contributed by atoms with Crippen LogP contribution in [0.25, 0.3) is 0 Å². The van der Waals surface area contributed by atoms with Crippen LogP contribution < -0.4 is 9.62 Å². The number of amides is 1. The normalized spacial score (nSPS) is 12.4. The maximum absolute atomic E-state index is 12.2. The van der Waals surface area contributed by atoms with Gasteiger partial charge in [-0.05, 0) is 42.5 Å². The minimum Gasteiger partial charge on any atom is -0.356 e. The first-order chi connectivity index (χ1) is 13.2. The molecule has 0 unspecified atom stereocenters. The summed E-state index contributed by atoms with van der Waals surface area (Å²) in [7, 11) is -3.46. The molecule has 0 aromatic heterocycles. The van der Waals surface area contributed by atoms with E-state index in [-0.39, 0.29) is 24.8 Å². The molecule has 0 radical (unpaired) electrons. The van der Waals surface area contributed by atoms with Gasteiger partial charge in [-0.2, -0.15) is 0 Å². The fraction of sp³-hybridized carbons (Fsp3) is 0.381. The van der Waals surface area contributed by atoms with Crippen molar-refractivity contribution >= 4 is 33.2 Å². The van der Waals surface area contributed by atoms with E-state index in [2.05, 4.69) is 12.2 Å². The molecule has 0 aliphatic heterocycles. The van der Waals surface area contributed by atoms with Gasteiger partial charge in [0.1, 0.15) is 0 Å². The second-order valence-corrected chi connectivity index (χ2v) is 9.30. The third-order valence-electron chi connectivity index (χ3n) is 4.58. The summed E-state index contributed by atoms with van der Waals surface area (Å²) in [5.41, 5.74) is 2.56. The molecule has 0 saturated carbocycles. The van der Waals surface area contributed by atoms with Gasteiger partial charge in [0.25, 0.3) is 0 Å². The van der Waals surface area contributed by atoms with Crippen LogP contribution in [-0.4, -0.2) is 33.7 Å². The fourth-order valence-electron chi connectivity index (χ4n) is 2.86. The Morgan fingerprint density at radius 1 is 1.18 bits per heavy atom. The van der Waals surface area contributed by atoms with Crippen molar-refractivity contribution in [1.29, 1.82) is 0 Å². The van der Waals surface area contributed by atoms with Gasteiger partial charge in [-0.1, -0.05) is 54.9 Å². The van der Waals surface area contributed by atoms with Crippen LogP contribution in [0, 0.1) is 6.92 Å². The summed E-state index contributed by atoms with van der Waals surface area (Å²) in [5, 5.41) is 3.43. The van der Waals surface area contributed by atoms with E-state index in [0.717, 1.165) is 11.8 Å². The largest absolute Gasteiger partial charge is 0.356 e. The molecule has 0 saturated heterocycles. The number of sulfonamides is 1. The number of benzene rings is 2. The number of carbonyl (C=O) groups excluding carboxylic acids is 1. The van der Waals surface area contributed by atoms with E-state index in [1.54, 1.807) is 18.2 Å². The fourth-order valence-corrected chi connectivity index (χ4v) is 3.99. The van der Waals surface area contributed by atoms with Crippen LogP contribution in [-0.2, 0) is 14.8 Å². The third-order valence-corrected chi connectivity index (χ3v) is 6.18. The van der Waals surface area contributed by atoms with Crippen molar-refractivity contribution < 1.29 is 13.2 Å². The van der Waals surface area contributed by atoms with Gasteiger partial charge in [0, 0.05) is 24.5 Å². The summed E-state index contributed by atoms with van der Waals surface area (Å²) in [6.45, 7) is 4.69. The lowest BCUT2D eigenvalue weighted by atomic mass is 10.0. The smallest absolute Gasteiger partial charge is 0.232 e. The lowest BCUT2D eigenvalue weighted by Crippen LogP contribution is -2.32. The number of aryl methyl sites for hydroxylation is 1. The van der Waals surface area contributed by atoms with Gasteiger partial charge in [-0.25, -0.2) is 8.42 Å². The quantitative estimate of drug-likeness (QED) is 0.661. The van der Waals surface area contributed by atoms with Crippen LogP contribution in [0.4, 0.5) is 5.69 Å². The zero-order valence-electron chi connectivity index (χ0n) is 16.5. The first-order valence-electron chi connectivity index (χ1n) is 9.24. The van der Waals surface area contributed by atoms with Crippen LogP contribution in [0.2, 0.25) is 5.02 Å². The van der Waals surface area contributed by atoms with Crippen molar-refractivity contribution in [2.45, 2.75) is 32.6 Å². The molecular formula is C21H27ClN2O3S. The number of hydrogen-bond acceptors (Lipinski definition) is 3. The van der Waals surface area contributed by atoms with Gasteiger partial charge in [0.2, 0.25) is 15.9 Å². The SMILES string of the molecule is Cc1ccc(N(CCCC(=O)NC[C@@H](C)c2ccccc2)S(C)(=O)=O)cc1Cl. The second kappa shape index (κ2) is 9.94. The predicted molar refractivity (Wildman–Crippen MR) is 115 cm³/mol. The van der Waals surface area contributed by atoms with Gasteiger partial charge < -0.3 is 5.32 Å². The topological polar surface area (TPSA) is 66.5 Å². The molecule has 0 spiro atoms. The van der Waals surface area contributed by atoms with Crippen LogP contribution in [0.15, 0.2) is 48.5 Å². The Labute approximate surface area is 172 Å². The van der Waals surface area contributed by atoms with E-state index >= 15 is 0 Å². The number of rotatable bonds is 9.